The van der Waals surface area contributed by atoms with Gasteiger partial charge in [-0.2, -0.15) is 0 Å². The molecule has 4 heteroatoms. The summed E-state index contributed by atoms with van der Waals surface area (Å²) in [5, 5.41) is 2.94. The maximum atomic E-state index is 13.1. The van der Waals surface area contributed by atoms with E-state index in [1.54, 1.807) is 12.1 Å². The molecule has 0 bridgehead atoms. The zero-order chi connectivity index (χ0) is 17.4. The fourth-order valence-electron chi connectivity index (χ4n) is 3.12. The molecule has 1 aromatic carbocycles. The van der Waals surface area contributed by atoms with E-state index in [9.17, 15) is 14.0 Å². The molecule has 3 unspecified atom stereocenters. The van der Waals surface area contributed by atoms with Crippen LogP contribution in [0.25, 0.3) is 0 Å². The number of hydrogen-bond donors (Lipinski definition) is 1. The maximum Gasteiger partial charge on any atom is 0.224 e. The standard InChI is InChI=1S/C19H26FNO2/c1-6-15(22)16(18(2,3)4)21-17(23)14-11-19(14,5)12-7-9-13(20)10-8-12/h7-10,14,16H,6,11H2,1-5H3,(H,21,23). The van der Waals surface area contributed by atoms with Crippen molar-refractivity contribution >= 4 is 11.7 Å². The van der Waals surface area contributed by atoms with Crippen molar-refractivity contribution in [3.63, 3.8) is 0 Å². The molecular weight excluding hydrogens is 293 g/mol. The second-order valence-corrected chi connectivity index (χ2v) is 7.81. The smallest absolute Gasteiger partial charge is 0.224 e. The first-order chi connectivity index (χ1) is 10.6. The Morgan fingerprint density at radius 1 is 1.30 bits per heavy atom. The van der Waals surface area contributed by atoms with Gasteiger partial charge in [0.15, 0.2) is 5.78 Å². The van der Waals surface area contributed by atoms with Crippen molar-refractivity contribution in [3.8, 4) is 0 Å². The lowest BCUT2D eigenvalue weighted by molar-refractivity contribution is -0.131. The SMILES string of the molecule is CCC(=O)C(NC(=O)C1CC1(C)c1ccc(F)cc1)C(C)(C)C. The van der Waals surface area contributed by atoms with Crippen LogP contribution >= 0.6 is 0 Å². The number of Topliss-reactive ketones (excluding diaryl/α,β-unsaturated/α-hetero) is 1. The summed E-state index contributed by atoms with van der Waals surface area (Å²) in [6.07, 6.45) is 1.13. The molecule has 3 atom stereocenters. The van der Waals surface area contributed by atoms with Gasteiger partial charge in [0.05, 0.1) is 6.04 Å². The third-order valence-corrected chi connectivity index (χ3v) is 4.88. The lowest BCUT2D eigenvalue weighted by atomic mass is 9.83. The van der Waals surface area contributed by atoms with Crippen LogP contribution in [0.4, 0.5) is 4.39 Å². The number of ketones is 1. The second kappa shape index (κ2) is 6.06. The van der Waals surface area contributed by atoms with E-state index in [-0.39, 0.29) is 34.3 Å². The summed E-state index contributed by atoms with van der Waals surface area (Å²) in [5.74, 6) is -0.476. The lowest BCUT2D eigenvalue weighted by Gasteiger charge is -2.30. The molecule has 1 saturated carbocycles. The largest absolute Gasteiger partial charge is 0.345 e. The molecule has 0 aliphatic heterocycles. The Morgan fingerprint density at radius 2 is 1.87 bits per heavy atom. The van der Waals surface area contributed by atoms with E-state index in [1.165, 1.54) is 12.1 Å². The highest BCUT2D eigenvalue weighted by Crippen LogP contribution is 2.54. The van der Waals surface area contributed by atoms with Gasteiger partial charge in [0.1, 0.15) is 5.82 Å². The summed E-state index contributed by atoms with van der Waals surface area (Å²) in [4.78, 5) is 24.8. The Morgan fingerprint density at radius 3 is 2.35 bits per heavy atom. The molecule has 1 aliphatic rings. The highest BCUT2D eigenvalue weighted by atomic mass is 19.1. The number of carbonyl (C=O) groups is 2. The number of benzene rings is 1. The minimum Gasteiger partial charge on any atom is -0.345 e. The average molecular weight is 319 g/mol. The summed E-state index contributed by atoms with van der Waals surface area (Å²) in [5.41, 5.74) is 0.382. The molecule has 1 N–H and O–H groups in total. The molecule has 1 amide bonds. The predicted octanol–water partition coefficient (Wildman–Crippen LogP) is 3.61. The fraction of sp³-hybridized carbons (Fsp3) is 0.579. The minimum absolute atomic E-state index is 0.0509. The normalized spacial score (nSPS) is 24.9. The van der Waals surface area contributed by atoms with Crippen molar-refractivity contribution in [2.45, 2.75) is 58.9 Å². The first kappa shape index (κ1) is 17.6. The Labute approximate surface area is 137 Å². The van der Waals surface area contributed by atoms with Gasteiger partial charge in [0.2, 0.25) is 5.91 Å². The lowest BCUT2D eigenvalue weighted by Crippen LogP contribution is -2.49. The number of nitrogens with one attached hydrogen (secondary N) is 1. The van der Waals surface area contributed by atoms with Crippen LogP contribution < -0.4 is 5.32 Å². The molecule has 0 saturated heterocycles. The molecule has 126 valence electrons. The van der Waals surface area contributed by atoms with Gasteiger partial charge in [0, 0.05) is 17.8 Å². The van der Waals surface area contributed by atoms with Crippen molar-refractivity contribution in [1.82, 2.24) is 5.32 Å². The fourth-order valence-corrected chi connectivity index (χ4v) is 3.12. The van der Waals surface area contributed by atoms with E-state index >= 15 is 0 Å². The Balaban J connectivity index is 2.10. The van der Waals surface area contributed by atoms with Crippen LogP contribution in [0.15, 0.2) is 24.3 Å². The van der Waals surface area contributed by atoms with Crippen LogP contribution in [0.1, 0.15) is 53.0 Å². The minimum atomic E-state index is -0.474. The zero-order valence-electron chi connectivity index (χ0n) is 14.6. The van der Waals surface area contributed by atoms with Crippen LogP contribution in [0.2, 0.25) is 0 Å². The van der Waals surface area contributed by atoms with Gasteiger partial charge < -0.3 is 5.32 Å². The molecule has 2 rings (SSSR count). The van der Waals surface area contributed by atoms with Crippen molar-refractivity contribution < 1.29 is 14.0 Å². The van der Waals surface area contributed by atoms with E-state index in [0.717, 1.165) is 12.0 Å². The number of rotatable bonds is 5. The summed E-state index contributed by atoms with van der Waals surface area (Å²) >= 11 is 0. The molecular formula is C19H26FNO2. The molecule has 0 aromatic heterocycles. The summed E-state index contributed by atoms with van der Waals surface area (Å²) < 4.78 is 13.1. The highest BCUT2D eigenvalue weighted by Gasteiger charge is 2.56. The number of amides is 1. The first-order valence-corrected chi connectivity index (χ1v) is 8.18. The molecule has 1 fully saturated rings. The van der Waals surface area contributed by atoms with Crippen molar-refractivity contribution in [2.24, 2.45) is 11.3 Å². The summed E-state index contributed by atoms with van der Waals surface area (Å²) in [6, 6.07) is 5.85. The monoisotopic (exact) mass is 319 g/mol. The molecule has 0 heterocycles. The van der Waals surface area contributed by atoms with E-state index < -0.39 is 6.04 Å². The second-order valence-electron chi connectivity index (χ2n) is 7.81. The van der Waals surface area contributed by atoms with Gasteiger partial charge in [-0.3, -0.25) is 9.59 Å². The average Bonchev–Trinajstić information content (AvgIpc) is 3.16. The Hall–Kier alpha value is -1.71. The zero-order valence-corrected chi connectivity index (χ0v) is 14.6. The van der Waals surface area contributed by atoms with Crippen LogP contribution in [-0.2, 0) is 15.0 Å². The molecule has 1 aromatic rings. The highest BCUT2D eigenvalue weighted by molar-refractivity contribution is 5.92. The van der Waals surface area contributed by atoms with E-state index in [2.05, 4.69) is 5.32 Å². The number of hydrogen-bond acceptors (Lipinski definition) is 2. The molecule has 3 nitrogen and oxygen atoms in total. The maximum absolute atomic E-state index is 13.1. The van der Waals surface area contributed by atoms with Gasteiger partial charge in [-0.1, -0.05) is 46.8 Å². The summed E-state index contributed by atoms with van der Waals surface area (Å²) in [7, 11) is 0. The Bertz CT molecular complexity index is 603. The van der Waals surface area contributed by atoms with Gasteiger partial charge in [-0.25, -0.2) is 4.39 Å². The van der Waals surface area contributed by atoms with E-state index in [4.69, 9.17) is 0 Å². The van der Waals surface area contributed by atoms with Gasteiger partial charge in [0.25, 0.3) is 0 Å². The summed E-state index contributed by atoms with van der Waals surface area (Å²) in [6.45, 7) is 9.69. The van der Waals surface area contributed by atoms with Gasteiger partial charge in [-0.15, -0.1) is 0 Å². The third kappa shape index (κ3) is 3.62. The number of carbonyl (C=O) groups excluding carboxylic acids is 2. The predicted molar refractivity (Wildman–Crippen MR) is 88.5 cm³/mol. The molecule has 23 heavy (non-hydrogen) atoms. The molecule has 0 spiro atoms. The van der Waals surface area contributed by atoms with Gasteiger partial charge in [-0.05, 0) is 29.5 Å². The first-order valence-electron chi connectivity index (χ1n) is 8.18. The van der Waals surface area contributed by atoms with Crippen molar-refractivity contribution in [3.05, 3.63) is 35.6 Å². The third-order valence-electron chi connectivity index (χ3n) is 4.88. The van der Waals surface area contributed by atoms with Crippen molar-refractivity contribution in [2.75, 3.05) is 0 Å². The van der Waals surface area contributed by atoms with E-state index in [1.807, 2.05) is 34.6 Å². The topological polar surface area (TPSA) is 46.2 Å². The molecule has 1 aliphatic carbocycles. The van der Waals surface area contributed by atoms with E-state index in [0.29, 0.717) is 6.42 Å². The van der Waals surface area contributed by atoms with Crippen LogP contribution in [0.3, 0.4) is 0 Å². The Kier molecular flexibility index (Phi) is 4.65. The number of halogens is 1. The van der Waals surface area contributed by atoms with Gasteiger partial charge >= 0.3 is 0 Å². The van der Waals surface area contributed by atoms with Crippen LogP contribution in [0.5, 0.6) is 0 Å². The molecule has 0 radical (unpaired) electrons. The van der Waals surface area contributed by atoms with Crippen molar-refractivity contribution in [1.29, 1.82) is 0 Å². The van der Waals surface area contributed by atoms with Crippen LogP contribution in [0, 0.1) is 17.2 Å². The quantitative estimate of drug-likeness (QED) is 0.901. The van der Waals surface area contributed by atoms with Crippen LogP contribution in [-0.4, -0.2) is 17.7 Å².